The first-order valence-corrected chi connectivity index (χ1v) is 30.2. The molecule has 0 spiro atoms. The number of hydrogen-bond donors (Lipinski definition) is 2. The third-order valence-electron chi connectivity index (χ3n) is 16.8. The number of nitrogens with zero attached hydrogens (tertiary/aromatic N) is 2. The van der Waals surface area contributed by atoms with E-state index in [4.69, 9.17) is 28.4 Å². The van der Waals surface area contributed by atoms with Crippen LogP contribution in [0.25, 0.3) is 12.2 Å². The molecule has 2 aromatic rings. The van der Waals surface area contributed by atoms with Gasteiger partial charge < -0.3 is 38.6 Å². The highest BCUT2D eigenvalue weighted by Crippen LogP contribution is 2.40. The second kappa shape index (κ2) is 28.0. The summed E-state index contributed by atoms with van der Waals surface area (Å²) in [5.74, 6) is -4.72. The van der Waals surface area contributed by atoms with E-state index in [-0.39, 0.29) is 60.7 Å². The van der Waals surface area contributed by atoms with Crippen LogP contribution in [0.3, 0.4) is 0 Å². The molecule has 18 heteroatoms. The molecule has 2 aromatic heterocycles. The molecule has 434 valence electrons. The highest BCUT2D eigenvalue weighted by Gasteiger charge is 2.48. The minimum atomic E-state index is -1.36. The van der Waals surface area contributed by atoms with E-state index < -0.39 is 96.0 Å². The molecule has 16 nitrogen and oxygen atoms in total. The fourth-order valence-corrected chi connectivity index (χ4v) is 12.4. The summed E-state index contributed by atoms with van der Waals surface area (Å²) in [4.78, 5) is 91.5. The average molecular weight is 1130 g/mol. The van der Waals surface area contributed by atoms with E-state index in [1.807, 2.05) is 64.5 Å². The van der Waals surface area contributed by atoms with Gasteiger partial charge in [-0.25, -0.2) is 9.97 Å². The van der Waals surface area contributed by atoms with Crippen molar-refractivity contribution in [1.29, 1.82) is 0 Å². The molecule has 4 aliphatic heterocycles. The van der Waals surface area contributed by atoms with Gasteiger partial charge in [-0.2, -0.15) is 0 Å². The fraction of sp³-hybridized carbons (Fsp3) is 0.733. The number of thiazole rings is 2. The Hall–Kier alpha value is -4.20. The molecule has 78 heavy (non-hydrogen) atoms. The normalized spacial score (nSPS) is 32.9. The van der Waals surface area contributed by atoms with Crippen LogP contribution in [0.4, 0.5) is 0 Å². The molecule has 0 amide bonds. The van der Waals surface area contributed by atoms with Crippen molar-refractivity contribution in [1.82, 2.24) is 9.97 Å². The first-order chi connectivity index (χ1) is 36.7. The molecule has 4 saturated heterocycles. The molecule has 2 N–H and O–H groups in total. The van der Waals surface area contributed by atoms with Crippen LogP contribution in [0, 0.1) is 48.3 Å². The molecule has 0 bridgehead atoms. The number of unbranched alkanes of at least 4 members (excludes halogenated alkanes) is 3. The lowest BCUT2D eigenvalue weighted by Gasteiger charge is -2.36. The third-order valence-corrected chi connectivity index (χ3v) is 18.4. The van der Waals surface area contributed by atoms with Crippen LogP contribution in [0.1, 0.15) is 193 Å². The first kappa shape index (κ1) is 63.0. The first-order valence-electron chi connectivity index (χ1n) is 28.5. The number of epoxide rings is 2. The Balaban J connectivity index is 0.994. The van der Waals surface area contributed by atoms with Crippen molar-refractivity contribution in [3.05, 3.63) is 43.3 Å². The van der Waals surface area contributed by atoms with E-state index in [1.165, 1.54) is 22.7 Å². The quantitative estimate of drug-likeness (QED) is 0.0822. The van der Waals surface area contributed by atoms with Crippen LogP contribution in [0.15, 0.2) is 21.9 Å². The molecule has 6 rings (SSSR count). The number of cyclic esters (lactones) is 2. The summed E-state index contributed by atoms with van der Waals surface area (Å²) in [6.07, 6.45) is 5.13. The van der Waals surface area contributed by atoms with Crippen molar-refractivity contribution in [3.8, 4) is 0 Å². The predicted octanol–water partition coefficient (Wildman–Crippen LogP) is 10.6. The molecule has 0 unspecified atom stereocenters. The number of esters is 4. The van der Waals surface area contributed by atoms with Gasteiger partial charge in [-0.1, -0.05) is 81.1 Å². The van der Waals surface area contributed by atoms with Gasteiger partial charge in [0.05, 0.1) is 93.5 Å². The van der Waals surface area contributed by atoms with Gasteiger partial charge in [-0.15, -0.1) is 22.7 Å². The maximum absolute atomic E-state index is 14.3. The number of carbonyl (C=O) groups is 6. The second-order valence-corrected chi connectivity index (χ2v) is 26.2. The number of fused-ring (bicyclic) bond motifs is 2. The molecule has 4 aliphatic rings. The minimum Gasteiger partial charge on any atom is -0.461 e. The zero-order valence-electron chi connectivity index (χ0n) is 48.2. The van der Waals surface area contributed by atoms with Crippen LogP contribution in [-0.2, 0) is 57.2 Å². The zero-order valence-corrected chi connectivity index (χ0v) is 49.8. The summed E-state index contributed by atoms with van der Waals surface area (Å²) in [7, 11) is 0. The zero-order chi connectivity index (χ0) is 57.2. The Morgan fingerprint density at radius 1 is 0.615 bits per heavy atom. The third kappa shape index (κ3) is 17.6. The van der Waals surface area contributed by atoms with Crippen molar-refractivity contribution < 1.29 is 67.4 Å². The van der Waals surface area contributed by atoms with Gasteiger partial charge >= 0.3 is 23.9 Å². The maximum Gasteiger partial charge on any atom is 0.309 e. The molecule has 14 atom stereocenters. The minimum absolute atomic E-state index is 0.0152. The molecule has 0 saturated carbocycles. The van der Waals surface area contributed by atoms with Crippen molar-refractivity contribution in [2.24, 2.45) is 34.5 Å². The Morgan fingerprint density at radius 3 is 1.33 bits per heavy atom. The Bertz CT molecular complexity index is 2290. The molecule has 0 aromatic carbocycles. The Kier molecular flexibility index (Phi) is 22.6. The number of aryl methyl sites for hydroxylation is 2. The summed E-state index contributed by atoms with van der Waals surface area (Å²) < 4.78 is 36.3. The lowest BCUT2D eigenvalue weighted by molar-refractivity contribution is -0.163. The van der Waals surface area contributed by atoms with E-state index in [0.29, 0.717) is 51.4 Å². The summed E-state index contributed by atoms with van der Waals surface area (Å²) in [5.41, 5.74) is 0.464. The summed E-state index contributed by atoms with van der Waals surface area (Å²) in [5, 5.41) is 28.6. The second-order valence-electron chi connectivity index (χ2n) is 24.0. The number of rotatable bonds is 13. The van der Waals surface area contributed by atoms with Gasteiger partial charge in [0.25, 0.3) is 0 Å². The largest absolute Gasteiger partial charge is 0.461 e. The topological polar surface area (TPSA) is 231 Å². The SMILES string of the molecule is C/C(=C\c1csc(C)n1)[C@@H]1C[C@@H]2O[C@@H]2CCC[C@H](C)[C@H](OC(=O)CCCCCCC(=O)O[C@H]2[C@@H](C)CCC[C@H]3O[C@H]3C[C@@H](/C(C)=C/c3csc(C)n3)OC(=O)C[C@H](O)C(C)(C)C(=O)[C@@H]2C)[C@@H](C)C(=O)C(C)(C)[C@@H](O)CC(=O)O1. The van der Waals surface area contributed by atoms with Gasteiger partial charge in [0.2, 0.25) is 0 Å². The fourth-order valence-electron chi connectivity index (χ4n) is 11.3. The lowest BCUT2D eigenvalue weighted by atomic mass is 9.73. The molecule has 6 heterocycles. The van der Waals surface area contributed by atoms with Crippen molar-refractivity contribution in [2.45, 2.75) is 247 Å². The van der Waals surface area contributed by atoms with Crippen LogP contribution in [0.2, 0.25) is 0 Å². The molecule has 0 aliphatic carbocycles. The molecule has 4 fully saturated rings. The van der Waals surface area contributed by atoms with E-state index >= 15 is 0 Å². The number of ether oxygens (including phenoxy) is 6. The van der Waals surface area contributed by atoms with Crippen molar-refractivity contribution in [3.63, 3.8) is 0 Å². The maximum atomic E-state index is 14.3. The number of aliphatic hydroxyl groups is 2. The van der Waals surface area contributed by atoms with E-state index in [2.05, 4.69) is 9.97 Å². The van der Waals surface area contributed by atoms with E-state index in [9.17, 15) is 39.0 Å². The van der Waals surface area contributed by atoms with Crippen LogP contribution in [-0.4, -0.2) is 117 Å². The van der Waals surface area contributed by atoms with Gasteiger partial charge in [-0.3, -0.25) is 28.8 Å². The standard InChI is InChI=1S/C60H88N2O14S2/c1-33-19-17-21-43-47(71-43)27-45(35(3)25-41-31-77-39(7)61-41)73-53(67)29-49(63)59(9,10)57(69)37(5)55(33)75-51(65)23-15-13-14-16-24-52(66)76-56-34(2)20-18-22-44-48(72-44)28-46(36(4)26-42-32-78-40(8)62-42)74-54(68)30-50(64)60(11,12)58(70)38(56)6/h25-26,31-34,37-38,43-50,55-56,63-64H,13-24,27-30H2,1-12H3/b35-25+,36-26+/t33-,34-,37+,38+,43+,44+,45-,46-,47-,48-,49-,50-,55-,56-/m0/s1. The highest BCUT2D eigenvalue weighted by atomic mass is 32.1. The van der Waals surface area contributed by atoms with Crippen LogP contribution in [0.5, 0.6) is 0 Å². The molecular weight excluding hydrogens is 1040 g/mol. The number of aliphatic hydroxyl groups excluding tert-OH is 2. The van der Waals surface area contributed by atoms with Gasteiger partial charge in [0.1, 0.15) is 36.0 Å². The van der Waals surface area contributed by atoms with Gasteiger partial charge in [0.15, 0.2) is 0 Å². The monoisotopic (exact) mass is 1120 g/mol. The Morgan fingerprint density at radius 2 is 0.987 bits per heavy atom. The number of Topliss-reactive ketones (excluding diaryl/α,β-unsaturated/α-hetero) is 2. The number of aromatic nitrogens is 2. The average Bonchev–Trinajstić information content (AvgIpc) is 4.22. The number of carbonyl (C=O) groups excluding carboxylic acids is 6. The summed E-state index contributed by atoms with van der Waals surface area (Å²) in [6, 6.07) is 0. The van der Waals surface area contributed by atoms with Crippen LogP contribution >= 0.6 is 22.7 Å². The number of ketones is 2. The van der Waals surface area contributed by atoms with Crippen LogP contribution < -0.4 is 0 Å². The molecule has 0 radical (unpaired) electrons. The van der Waals surface area contributed by atoms with E-state index in [0.717, 1.165) is 58.2 Å². The van der Waals surface area contributed by atoms with Gasteiger partial charge in [0, 0.05) is 36.4 Å². The predicted molar refractivity (Wildman–Crippen MR) is 298 cm³/mol. The van der Waals surface area contributed by atoms with E-state index in [1.54, 1.807) is 41.5 Å². The number of hydrogen-bond acceptors (Lipinski definition) is 18. The van der Waals surface area contributed by atoms with Gasteiger partial charge in [-0.05, 0) is 101 Å². The highest BCUT2D eigenvalue weighted by molar-refractivity contribution is 7.09. The van der Waals surface area contributed by atoms with Crippen molar-refractivity contribution in [2.75, 3.05) is 0 Å². The summed E-state index contributed by atoms with van der Waals surface area (Å²) in [6.45, 7) is 21.5. The lowest BCUT2D eigenvalue weighted by Crippen LogP contribution is -2.47. The summed E-state index contributed by atoms with van der Waals surface area (Å²) >= 11 is 3.06. The Labute approximate surface area is 470 Å². The molecular formula is C60H88N2O14S2. The smallest absolute Gasteiger partial charge is 0.309 e. The van der Waals surface area contributed by atoms with Crippen molar-refractivity contribution >= 4 is 70.3 Å².